The number of halogens is 1. The molecule has 0 unspecified atom stereocenters. The van der Waals surface area contributed by atoms with Gasteiger partial charge < -0.3 is 24.3 Å². The third-order valence-corrected chi connectivity index (χ3v) is 8.79. The van der Waals surface area contributed by atoms with Gasteiger partial charge in [0.2, 0.25) is 0 Å². The fourth-order valence-electron chi connectivity index (χ4n) is 6.36. The van der Waals surface area contributed by atoms with E-state index in [1.165, 1.54) is 6.42 Å². The van der Waals surface area contributed by atoms with Crippen LogP contribution in [-0.4, -0.2) is 66.8 Å². The Bertz CT molecular complexity index is 1790. The summed E-state index contributed by atoms with van der Waals surface area (Å²) in [5, 5.41) is 17.4. The summed E-state index contributed by atoms with van der Waals surface area (Å²) in [5.74, 6) is 0.775. The van der Waals surface area contributed by atoms with E-state index in [-0.39, 0.29) is 6.04 Å². The van der Waals surface area contributed by atoms with E-state index in [1.807, 2.05) is 18.2 Å². The van der Waals surface area contributed by atoms with E-state index in [0.29, 0.717) is 36.6 Å². The summed E-state index contributed by atoms with van der Waals surface area (Å²) in [4.78, 5) is 14.5. The van der Waals surface area contributed by atoms with Crippen molar-refractivity contribution in [2.24, 2.45) is 0 Å². The Balaban J connectivity index is 1.42. The number of likely N-dealkylation sites (N-methyl/N-ethyl adjacent to an activating group) is 1. The third kappa shape index (κ3) is 4.74. The molecule has 2 aliphatic rings. The molecule has 0 spiro atoms. The number of furan rings is 1. The maximum atomic E-state index is 9.35. The average Bonchev–Trinajstić information content (AvgIpc) is 3.64. The van der Waals surface area contributed by atoms with Gasteiger partial charge >= 0.3 is 6.01 Å². The minimum absolute atomic E-state index is 0.0551. The summed E-state index contributed by atoms with van der Waals surface area (Å²) < 4.78 is 12.5. The first kappa shape index (κ1) is 26.0. The summed E-state index contributed by atoms with van der Waals surface area (Å²) in [5.41, 5.74) is 3.50. The lowest BCUT2D eigenvalue weighted by molar-refractivity contribution is 0.188. The molecule has 0 radical (unpaired) electrons. The molecule has 2 aromatic heterocycles. The SMILES string of the molecule is CN1CCC[C@H]1COc1nc(N2CCN[C@@H](CC#N)C2)c2c(cc(-c3cccc4cccc(Cl)c34)c3ccoc32)n1. The summed E-state index contributed by atoms with van der Waals surface area (Å²) in [7, 11) is 2.14. The fraction of sp³-hybridized carbons (Fsp3) is 0.344. The van der Waals surface area contributed by atoms with E-state index in [1.54, 1.807) is 6.26 Å². The Hall–Kier alpha value is -3.90. The van der Waals surface area contributed by atoms with Gasteiger partial charge in [0.1, 0.15) is 18.0 Å². The molecule has 8 nitrogen and oxygen atoms in total. The Morgan fingerprint density at radius 1 is 1.12 bits per heavy atom. The molecule has 5 aromatic rings. The van der Waals surface area contributed by atoms with Crippen molar-refractivity contribution in [1.29, 1.82) is 5.26 Å². The largest absolute Gasteiger partial charge is 0.463 e. The van der Waals surface area contributed by atoms with Gasteiger partial charge in [0.25, 0.3) is 0 Å². The lowest BCUT2D eigenvalue weighted by Gasteiger charge is -2.34. The standard InChI is InChI=1S/C32H31ClN6O2/c1-38-14-4-7-22(38)19-41-32-36-27-17-25(23-8-2-5-20-6-3-9-26(33)28(20)23)24-11-16-40-30(24)29(27)31(37-32)39-15-13-35-21(18-39)10-12-34/h2-3,5-6,8-9,11,16-17,21-22,35H,4,7,10,13-15,18-19H2,1H3/t21-,22-/m0/s1. The predicted octanol–water partition coefficient (Wildman–Crippen LogP) is 6.01. The maximum Gasteiger partial charge on any atom is 0.319 e. The number of hydrogen-bond acceptors (Lipinski definition) is 8. The molecule has 7 rings (SSSR count). The number of piperazine rings is 1. The molecule has 2 saturated heterocycles. The number of rotatable bonds is 6. The van der Waals surface area contributed by atoms with Gasteiger partial charge in [-0.15, -0.1) is 0 Å². The molecular formula is C32H31ClN6O2. The summed E-state index contributed by atoms with van der Waals surface area (Å²) in [6.45, 7) is 3.78. The van der Waals surface area contributed by atoms with E-state index in [4.69, 9.17) is 30.7 Å². The predicted molar refractivity (Wildman–Crippen MR) is 163 cm³/mol. The van der Waals surface area contributed by atoms with Crippen LogP contribution in [0, 0.1) is 11.3 Å². The van der Waals surface area contributed by atoms with Crippen LogP contribution in [0.3, 0.4) is 0 Å². The maximum absolute atomic E-state index is 9.35. The van der Waals surface area contributed by atoms with Crippen LogP contribution in [0.25, 0.3) is 43.8 Å². The third-order valence-electron chi connectivity index (χ3n) is 8.47. The van der Waals surface area contributed by atoms with Crippen molar-refractivity contribution < 1.29 is 9.15 Å². The molecule has 2 aliphatic heterocycles. The first-order valence-corrected chi connectivity index (χ1v) is 14.6. The van der Waals surface area contributed by atoms with Crippen LogP contribution in [0.2, 0.25) is 5.02 Å². The molecule has 3 aromatic carbocycles. The molecule has 9 heteroatoms. The zero-order valence-electron chi connectivity index (χ0n) is 22.9. The average molecular weight is 567 g/mol. The number of aromatic nitrogens is 2. The van der Waals surface area contributed by atoms with Crippen molar-refractivity contribution in [1.82, 2.24) is 20.2 Å². The summed E-state index contributed by atoms with van der Waals surface area (Å²) >= 11 is 6.75. The zero-order valence-corrected chi connectivity index (χ0v) is 23.7. The van der Waals surface area contributed by atoms with Crippen LogP contribution in [0.15, 0.2) is 59.2 Å². The molecule has 2 fully saturated rings. The number of nitrogens with one attached hydrogen (secondary N) is 1. The molecule has 41 heavy (non-hydrogen) atoms. The van der Waals surface area contributed by atoms with Gasteiger partial charge in [0.15, 0.2) is 0 Å². The van der Waals surface area contributed by atoms with Crippen LogP contribution in [-0.2, 0) is 0 Å². The van der Waals surface area contributed by atoms with Crippen LogP contribution in [0.5, 0.6) is 6.01 Å². The lowest BCUT2D eigenvalue weighted by Crippen LogP contribution is -2.51. The second kappa shape index (κ2) is 10.8. The molecular weight excluding hydrogens is 536 g/mol. The number of hydrogen-bond donors (Lipinski definition) is 1. The van der Waals surface area contributed by atoms with Gasteiger partial charge in [-0.05, 0) is 61.1 Å². The minimum Gasteiger partial charge on any atom is -0.463 e. The quantitative estimate of drug-likeness (QED) is 0.267. The van der Waals surface area contributed by atoms with Crippen molar-refractivity contribution >= 4 is 50.1 Å². The van der Waals surface area contributed by atoms with Crippen LogP contribution in [0.4, 0.5) is 5.82 Å². The normalized spacial score (nSPS) is 19.8. The molecule has 0 aliphatic carbocycles. The van der Waals surface area contributed by atoms with E-state index < -0.39 is 0 Å². The van der Waals surface area contributed by atoms with Crippen molar-refractivity contribution in [3.05, 3.63) is 59.8 Å². The highest BCUT2D eigenvalue weighted by atomic mass is 35.5. The van der Waals surface area contributed by atoms with E-state index in [0.717, 1.165) is 75.6 Å². The minimum atomic E-state index is 0.0551. The van der Waals surface area contributed by atoms with Crippen molar-refractivity contribution in [2.75, 3.05) is 44.7 Å². The van der Waals surface area contributed by atoms with Gasteiger partial charge in [-0.3, -0.25) is 0 Å². The molecule has 208 valence electrons. The van der Waals surface area contributed by atoms with Gasteiger partial charge in [-0.1, -0.05) is 41.9 Å². The number of fused-ring (bicyclic) bond motifs is 4. The number of nitrogens with zero attached hydrogens (tertiary/aromatic N) is 5. The van der Waals surface area contributed by atoms with Gasteiger partial charge in [-0.2, -0.15) is 15.2 Å². The van der Waals surface area contributed by atoms with Gasteiger partial charge in [-0.25, -0.2) is 0 Å². The highest BCUT2D eigenvalue weighted by Crippen LogP contribution is 2.42. The topological polar surface area (TPSA) is 90.5 Å². The number of likely N-dealkylation sites (tertiary alicyclic amines) is 1. The van der Waals surface area contributed by atoms with E-state index >= 15 is 0 Å². The van der Waals surface area contributed by atoms with Gasteiger partial charge in [0.05, 0.1) is 29.7 Å². The zero-order chi connectivity index (χ0) is 27.9. The Labute approximate surface area is 243 Å². The highest BCUT2D eigenvalue weighted by molar-refractivity contribution is 6.37. The lowest BCUT2D eigenvalue weighted by atomic mass is 9.94. The number of benzene rings is 3. The molecule has 0 amide bonds. The first-order chi connectivity index (χ1) is 20.1. The molecule has 1 N–H and O–H groups in total. The van der Waals surface area contributed by atoms with Crippen LogP contribution >= 0.6 is 11.6 Å². The molecule has 2 atom stereocenters. The van der Waals surface area contributed by atoms with Crippen molar-refractivity contribution in [3.8, 4) is 23.2 Å². The summed E-state index contributed by atoms with van der Waals surface area (Å²) in [6.07, 6.45) is 4.42. The van der Waals surface area contributed by atoms with Gasteiger partial charge in [0, 0.05) is 47.5 Å². The Kier molecular flexibility index (Phi) is 6.87. The number of nitriles is 1. The monoisotopic (exact) mass is 566 g/mol. The number of ether oxygens (including phenoxy) is 1. The smallest absolute Gasteiger partial charge is 0.319 e. The molecule has 0 bridgehead atoms. The Morgan fingerprint density at radius 2 is 2.00 bits per heavy atom. The van der Waals surface area contributed by atoms with Crippen LogP contribution in [0.1, 0.15) is 19.3 Å². The molecule has 0 saturated carbocycles. The van der Waals surface area contributed by atoms with Crippen molar-refractivity contribution in [3.63, 3.8) is 0 Å². The molecule has 4 heterocycles. The van der Waals surface area contributed by atoms with E-state index in [9.17, 15) is 5.26 Å². The number of anilines is 1. The van der Waals surface area contributed by atoms with Crippen LogP contribution < -0.4 is 15.0 Å². The summed E-state index contributed by atoms with van der Waals surface area (Å²) in [6, 6.07) is 19.4. The van der Waals surface area contributed by atoms with E-state index in [2.05, 4.69) is 58.6 Å². The highest BCUT2D eigenvalue weighted by Gasteiger charge is 2.27. The second-order valence-corrected chi connectivity index (χ2v) is 11.4. The first-order valence-electron chi connectivity index (χ1n) is 14.2. The fourth-order valence-corrected chi connectivity index (χ4v) is 6.64. The Morgan fingerprint density at radius 3 is 2.83 bits per heavy atom. The van der Waals surface area contributed by atoms with Crippen molar-refractivity contribution in [2.45, 2.75) is 31.3 Å². The second-order valence-electron chi connectivity index (χ2n) is 11.0.